The number of aryl methyl sites for hydroxylation is 1. The van der Waals surface area contributed by atoms with E-state index in [0.717, 1.165) is 5.56 Å². The summed E-state index contributed by atoms with van der Waals surface area (Å²) in [6.07, 6.45) is 4.31. The van der Waals surface area contributed by atoms with Crippen molar-refractivity contribution in [1.82, 2.24) is 15.1 Å². The Morgan fingerprint density at radius 3 is 3.08 bits per heavy atom. The van der Waals surface area contributed by atoms with Gasteiger partial charge in [0.05, 0.1) is 12.9 Å². The van der Waals surface area contributed by atoms with Crippen LogP contribution in [0.25, 0.3) is 0 Å². The molecular weight excluding hydrogens is 169 g/mol. The highest BCUT2D eigenvalue weighted by atomic mass is 19.1. The molecule has 3 nitrogen and oxygen atoms in total. The summed E-state index contributed by atoms with van der Waals surface area (Å²) in [6.45, 7) is 2.44. The fourth-order valence-electron chi connectivity index (χ4n) is 1.11. The molecule has 74 valence electrons. The van der Waals surface area contributed by atoms with Crippen LogP contribution in [0.1, 0.15) is 24.9 Å². The molecular formula is C9H16FN3. The molecule has 0 saturated carbocycles. The molecule has 0 radical (unpaired) electrons. The molecule has 1 atom stereocenters. The van der Waals surface area contributed by atoms with Crippen LogP contribution in [-0.2, 0) is 6.54 Å². The molecule has 13 heavy (non-hydrogen) atoms. The molecule has 4 heteroatoms. The van der Waals surface area contributed by atoms with Gasteiger partial charge in [0.25, 0.3) is 0 Å². The number of nitrogens with zero attached hydrogens (tertiary/aromatic N) is 2. The molecule has 0 aromatic carbocycles. The van der Waals surface area contributed by atoms with E-state index in [1.165, 1.54) is 0 Å². The van der Waals surface area contributed by atoms with Gasteiger partial charge in [-0.15, -0.1) is 0 Å². The summed E-state index contributed by atoms with van der Waals surface area (Å²) in [4.78, 5) is 0. The first-order valence-electron chi connectivity index (χ1n) is 4.53. The molecule has 0 amide bonds. The van der Waals surface area contributed by atoms with Crippen molar-refractivity contribution in [3.8, 4) is 0 Å². The van der Waals surface area contributed by atoms with Gasteiger partial charge in [-0.1, -0.05) is 0 Å². The van der Waals surface area contributed by atoms with Crippen LogP contribution < -0.4 is 5.32 Å². The largest absolute Gasteiger partial charge is 0.313 e. The second-order valence-corrected chi connectivity index (χ2v) is 3.09. The zero-order valence-electron chi connectivity index (χ0n) is 8.13. The van der Waals surface area contributed by atoms with Gasteiger partial charge in [-0.2, -0.15) is 5.10 Å². The Morgan fingerprint density at radius 1 is 1.69 bits per heavy atom. The van der Waals surface area contributed by atoms with Crippen molar-refractivity contribution in [2.24, 2.45) is 0 Å². The third kappa shape index (κ3) is 2.81. The third-order valence-corrected chi connectivity index (χ3v) is 2.11. The van der Waals surface area contributed by atoms with Crippen molar-refractivity contribution >= 4 is 0 Å². The number of hydrogen-bond acceptors (Lipinski definition) is 2. The number of aromatic nitrogens is 2. The Hall–Kier alpha value is -0.900. The zero-order chi connectivity index (χ0) is 9.68. The average molecular weight is 185 g/mol. The van der Waals surface area contributed by atoms with E-state index in [1.807, 2.05) is 19.4 Å². The van der Waals surface area contributed by atoms with Gasteiger partial charge < -0.3 is 5.32 Å². The van der Waals surface area contributed by atoms with Crippen LogP contribution in [0.15, 0.2) is 12.4 Å². The van der Waals surface area contributed by atoms with Crippen LogP contribution in [0, 0.1) is 0 Å². The third-order valence-electron chi connectivity index (χ3n) is 2.11. The van der Waals surface area contributed by atoms with Crippen LogP contribution in [-0.4, -0.2) is 23.5 Å². The number of rotatable bonds is 5. The van der Waals surface area contributed by atoms with Crippen molar-refractivity contribution in [3.63, 3.8) is 0 Å². The maximum absolute atomic E-state index is 11.9. The summed E-state index contributed by atoms with van der Waals surface area (Å²) in [7, 11) is 1.91. The van der Waals surface area contributed by atoms with Crippen LogP contribution in [0.5, 0.6) is 0 Å². The van der Waals surface area contributed by atoms with Crippen molar-refractivity contribution in [2.75, 3.05) is 13.7 Å². The maximum Gasteiger partial charge on any atom is 0.0912 e. The van der Waals surface area contributed by atoms with Crippen LogP contribution >= 0.6 is 0 Å². The molecule has 1 unspecified atom stereocenters. The highest BCUT2D eigenvalue weighted by Crippen LogP contribution is 2.09. The van der Waals surface area contributed by atoms with Crippen molar-refractivity contribution in [1.29, 1.82) is 0 Å². The molecule has 0 saturated heterocycles. The predicted octanol–water partition coefficient (Wildman–Crippen LogP) is 1.52. The Labute approximate surface area is 77.9 Å². The lowest BCUT2D eigenvalue weighted by Gasteiger charge is -2.05. The van der Waals surface area contributed by atoms with E-state index in [9.17, 15) is 4.39 Å². The molecule has 0 aliphatic rings. The van der Waals surface area contributed by atoms with E-state index in [0.29, 0.717) is 19.0 Å². The smallest absolute Gasteiger partial charge is 0.0912 e. The topological polar surface area (TPSA) is 29.9 Å². The first-order chi connectivity index (χ1) is 6.27. The lowest BCUT2D eigenvalue weighted by molar-refractivity contribution is 0.434. The van der Waals surface area contributed by atoms with Crippen LogP contribution in [0.4, 0.5) is 4.39 Å². The highest BCUT2D eigenvalue weighted by molar-refractivity contribution is 5.08. The quantitative estimate of drug-likeness (QED) is 0.753. The Balaban J connectivity index is 2.53. The lowest BCUT2D eigenvalue weighted by atomic mass is 10.2. The van der Waals surface area contributed by atoms with Crippen LogP contribution in [0.3, 0.4) is 0 Å². The van der Waals surface area contributed by atoms with Gasteiger partial charge in [-0.05, 0) is 20.4 Å². The van der Waals surface area contributed by atoms with E-state index in [4.69, 9.17) is 0 Å². The molecule has 0 spiro atoms. The Kier molecular flexibility index (Phi) is 3.89. The zero-order valence-corrected chi connectivity index (χ0v) is 8.13. The lowest BCUT2D eigenvalue weighted by Crippen LogP contribution is -2.11. The summed E-state index contributed by atoms with van der Waals surface area (Å²) >= 11 is 0. The maximum atomic E-state index is 11.9. The molecule has 1 heterocycles. The molecule has 0 fully saturated rings. The number of alkyl halides is 1. The van der Waals surface area contributed by atoms with Crippen molar-refractivity contribution in [3.05, 3.63) is 18.0 Å². The van der Waals surface area contributed by atoms with Crippen molar-refractivity contribution in [2.45, 2.75) is 25.9 Å². The number of nitrogens with one attached hydrogen (secondary N) is 1. The summed E-state index contributed by atoms with van der Waals surface area (Å²) in [5.41, 5.74) is 1.14. The number of halogens is 1. The second kappa shape index (κ2) is 4.97. The monoisotopic (exact) mass is 185 g/mol. The molecule has 0 bridgehead atoms. The van der Waals surface area contributed by atoms with Gasteiger partial charge >= 0.3 is 0 Å². The standard InChI is InChI=1S/C9H16FN3/c1-8(11-2)9-6-12-13(7-9)5-3-4-10/h6-8,11H,3-5H2,1-2H3. The molecule has 1 rings (SSSR count). The van der Waals surface area contributed by atoms with Gasteiger partial charge in [0.1, 0.15) is 0 Å². The Bertz CT molecular complexity index is 247. The number of hydrogen-bond donors (Lipinski definition) is 1. The predicted molar refractivity (Wildman–Crippen MR) is 50.3 cm³/mol. The molecule has 0 aliphatic carbocycles. The SMILES string of the molecule is CNC(C)c1cnn(CCCF)c1. The van der Waals surface area contributed by atoms with Crippen LogP contribution in [0.2, 0.25) is 0 Å². The molecule has 1 aromatic heterocycles. The van der Waals surface area contributed by atoms with E-state index in [-0.39, 0.29) is 6.67 Å². The minimum Gasteiger partial charge on any atom is -0.313 e. The van der Waals surface area contributed by atoms with Gasteiger partial charge in [-0.3, -0.25) is 9.07 Å². The molecule has 1 aromatic rings. The summed E-state index contributed by atoms with van der Waals surface area (Å²) < 4.78 is 13.6. The fourth-order valence-corrected chi connectivity index (χ4v) is 1.11. The Morgan fingerprint density at radius 2 is 2.46 bits per heavy atom. The van der Waals surface area contributed by atoms with Gasteiger partial charge in [0.15, 0.2) is 0 Å². The minimum absolute atomic E-state index is 0.281. The van der Waals surface area contributed by atoms with E-state index < -0.39 is 0 Å². The molecule has 0 aliphatic heterocycles. The van der Waals surface area contributed by atoms with Crippen molar-refractivity contribution < 1.29 is 4.39 Å². The van der Waals surface area contributed by atoms with Gasteiger partial charge in [0, 0.05) is 24.3 Å². The summed E-state index contributed by atoms with van der Waals surface area (Å²) in [6, 6.07) is 0.305. The highest BCUT2D eigenvalue weighted by Gasteiger charge is 2.04. The summed E-state index contributed by atoms with van der Waals surface area (Å²) in [5, 5.41) is 7.26. The average Bonchev–Trinajstić information content (AvgIpc) is 2.62. The fraction of sp³-hybridized carbons (Fsp3) is 0.667. The first-order valence-corrected chi connectivity index (χ1v) is 4.53. The summed E-state index contributed by atoms with van der Waals surface area (Å²) in [5.74, 6) is 0. The van der Waals surface area contributed by atoms with E-state index in [1.54, 1.807) is 4.68 Å². The minimum atomic E-state index is -0.281. The van der Waals surface area contributed by atoms with Gasteiger partial charge in [-0.25, -0.2) is 0 Å². The molecule has 1 N–H and O–H groups in total. The normalized spacial score (nSPS) is 13.2. The second-order valence-electron chi connectivity index (χ2n) is 3.09. The first kappa shape index (κ1) is 10.2. The van der Waals surface area contributed by atoms with E-state index in [2.05, 4.69) is 17.3 Å². The van der Waals surface area contributed by atoms with Gasteiger partial charge in [0.2, 0.25) is 0 Å². The van der Waals surface area contributed by atoms with E-state index >= 15 is 0 Å².